The van der Waals surface area contributed by atoms with E-state index in [1.54, 1.807) is 4.68 Å². The Morgan fingerprint density at radius 3 is 2.60 bits per heavy atom. The number of aromatic nitrogens is 7. The van der Waals surface area contributed by atoms with Crippen LogP contribution >= 0.6 is 24.8 Å². The van der Waals surface area contributed by atoms with E-state index in [1.807, 2.05) is 36.7 Å². The maximum Gasteiger partial charge on any atom is 0.197 e. The summed E-state index contributed by atoms with van der Waals surface area (Å²) in [6, 6.07) is 7.95. The van der Waals surface area contributed by atoms with Gasteiger partial charge in [0.15, 0.2) is 5.95 Å². The van der Waals surface area contributed by atoms with Crippen LogP contribution in [0.15, 0.2) is 36.7 Å². The zero-order valence-corrected chi connectivity index (χ0v) is 14.8. The third kappa shape index (κ3) is 4.28. The highest BCUT2D eigenvalue weighted by molar-refractivity contribution is 5.85. The SMILES string of the molecule is Cl.Cl.Nc1nc(CCc2cn(Cc3nc4ccccc4[nH]3)nn2)c[nH]1. The first-order valence-electron chi connectivity index (χ1n) is 7.39. The summed E-state index contributed by atoms with van der Waals surface area (Å²) >= 11 is 0. The van der Waals surface area contributed by atoms with Crippen LogP contribution in [0.2, 0.25) is 0 Å². The zero-order valence-electron chi connectivity index (χ0n) is 13.2. The van der Waals surface area contributed by atoms with E-state index in [9.17, 15) is 0 Å². The van der Waals surface area contributed by atoms with Gasteiger partial charge in [-0.05, 0) is 25.0 Å². The summed E-state index contributed by atoms with van der Waals surface area (Å²) in [5.74, 6) is 1.30. The second-order valence-electron chi connectivity index (χ2n) is 5.39. The largest absolute Gasteiger partial charge is 0.369 e. The van der Waals surface area contributed by atoms with Gasteiger partial charge in [-0.25, -0.2) is 14.6 Å². The van der Waals surface area contributed by atoms with Crippen molar-refractivity contribution in [2.24, 2.45) is 0 Å². The lowest BCUT2D eigenvalue weighted by Gasteiger charge is -1.95. The molecule has 4 N–H and O–H groups in total. The molecule has 8 nitrogen and oxygen atoms in total. The lowest BCUT2D eigenvalue weighted by molar-refractivity contribution is 0.630. The van der Waals surface area contributed by atoms with Gasteiger partial charge < -0.3 is 15.7 Å². The number of hydrogen-bond acceptors (Lipinski definition) is 5. The van der Waals surface area contributed by atoms with Gasteiger partial charge in [-0.3, -0.25) is 0 Å². The van der Waals surface area contributed by atoms with E-state index in [0.29, 0.717) is 12.5 Å². The van der Waals surface area contributed by atoms with Gasteiger partial charge in [0.25, 0.3) is 0 Å². The molecule has 4 aromatic rings. The van der Waals surface area contributed by atoms with Crippen molar-refractivity contribution in [2.45, 2.75) is 19.4 Å². The van der Waals surface area contributed by atoms with E-state index in [1.165, 1.54) is 0 Å². The van der Waals surface area contributed by atoms with Gasteiger partial charge in [-0.15, -0.1) is 29.9 Å². The number of aryl methyl sites for hydroxylation is 2. The Kier molecular flexibility index (Phi) is 6.00. The smallest absolute Gasteiger partial charge is 0.197 e. The van der Waals surface area contributed by atoms with Crippen LogP contribution in [0.4, 0.5) is 5.95 Å². The fourth-order valence-corrected chi connectivity index (χ4v) is 2.53. The Balaban J connectivity index is 0.00000113. The van der Waals surface area contributed by atoms with Crippen LogP contribution in [0.3, 0.4) is 0 Å². The summed E-state index contributed by atoms with van der Waals surface area (Å²) in [5.41, 5.74) is 9.39. The molecule has 3 aromatic heterocycles. The molecule has 3 heterocycles. The van der Waals surface area contributed by atoms with Crippen molar-refractivity contribution in [1.29, 1.82) is 0 Å². The molecule has 0 fully saturated rings. The summed E-state index contributed by atoms with van der Waals surface area (Å²) < 4.78 is 1.78. The average molecular weight is 381 g/mol. The first-order valence-corrected chi connectivity index (χ1v) is 7.39. The number of anilines is 1. The fraction of sp³-hybridized carbons (Fsp3) is 0.200. The number of rotatable bonds is 5. The summed E-state index contributed by atoms with van der Waals surface area (Å²) in [6.45, 7) is 0.567. The first kappa shape index (κ1) is 18.8. The summed E-state index contributed by atoms with van der Waals surface area (Å²) in [6.07, 6.45) is 5.29. The Morgan fingerprint density at radius 2 is 1.84 bits per heavy atom. The van der Waals surface area contributed by atoms with Gasteiger partial charge in [0.05, 0.1) is 22.4 Å². The van der Waals surface area contributed by atoms with Gasteiger partial charge in [0.2, 0.25) is 0 Å². The number of nitrogens with one attached hydrogen (secondary N) is 2. The highest BCUT2D eigenvalue weighted by Crippen LogP contribution is 2.11. The molecule has 25 heavy (non-hydrogen) atoms. The van der Waals surface area contributed by atoms with Gasteiger partial charge >= 0.3 is 0 Å². The summed E-state index contributed by atoms with van der Waals surface area (Å²) in [7, 11) is 0. The molecule has 10 heteroatoms. The second kappa shape index (κ2) is 8.00. The number of halogens is 2. The summed E-state index contributed by atoms with van der Waals surface area (Å²) in [5, 5.41) is 8.34. The van der Waals surface area contributed by atoms with Crippen molar-refractivity contribution in [1.82, 2.24) is 34.9 Å². The minimum Gasteiger partial charge on any atom is -0.369 e. The molecule has 0 spiro atoms. The number of nitrogens with zero attached hydrogens (tertiary/aromatic N) is 5. The van der Waals surface area contributed by atoms with Crippen molar-refractivity contribution in [3.63, 3.8) is 0 Å². The molecule has 0 amide bonds. The molecule has 132 valence electrons. The van der Waals surface area contributed by atoms with Gasteiger partial charge in [-0.1, -0.05) is 17.3 Å². The monoisotopic (exact) mass is 380 g/mol. The molecule has 4 rings (SSSR count). The number of imidazole rings is 2. The molecule has 0 saturated heterocycles. The number of hydrogen-bond donors (Lipinski definition) is 3. The van der Waals surface area contributed by atoms with Crippen molar-refractivity contribution in [3.8, 4) is 0 Å². The molecule has 0 radical (unpaired) electrons. The quantitative estimate of drug-likeness (QED) is 0.490. The maximum absolute atomic E-state index is 5.56. The van der Waals surface area contributed by atoms with Crippen LogP contribution in [-0.2, 0) is 19.4 Å². The zero-order chi connectivity index (χ0) is 15.6. The minimum absolute atomic E-state index is 0. The fourth-order valence-electron chi connectivity index (χ4n) is 2.53. The molecule has 0 aliphatic rings. The average Bonchev–Trinajstić information content (AvgIpc) is 3.25. The summed E-state index contributed by atoms with van der Waals surface area (Å²) in [4.78, 5) is 14.9. The number of H-pyrrole nitrogens is 2. The van der Waals surface area contributed by atoms with Crippen LogP contribution in [0.1, 0.15) is 17.2 Å². The van der Waals surface area contributed by atoms with E-state index < -0.39 is 0 Å². The molecule has 1 aromatic carbocycles. The number of nitrogens with two attached hydrogens (primary N) is 1. The molecule has 0 aliphatic carbocycles. The van der Waals surface area contributed by atoms with E-state index >= 15 is 0 Å². The highest BCUT2D eigenvalue weighted by Gasteiger charge is 2.07. The van der Waals surface area contributed by atoms with E-state index in [0.717, 1.165) is 41.1 Å². The van der Waals surface area contributed by atoms with E-state index in [-0.39, 0.29) is 24.8 Å². The van der Waals surface area contributed by atoms with E-state index in [4.69, 9.17) is 5.73 Å². The molecule has 0 unspecified atom stereocenters. The highest BCUT2D eigenvalue weighted by atomic mass is 35.5. The van der Waals surface area contributed by atoms with Crippen molar-refractivity contribution in [3.05, 3.63) is 53.9 Å². The topological polar surface area (TPSA) is 114 Å². The first-order chi connectivity index (χ1) is 11.3. The Morgan fingerprint density at radius 1 is 1.04 bits per heavy atom. The maximum atomic E-state index is 5.56. The third-order valence-corrected chi connectivity index (χ3v) is 3.62. The minimum atomic E-state index is 0. The van der Waals surface area contributed by atoms with Crippen LogP contribution in [0.25, 0.3) is 11.0 Å². The van der Waals surface area contributed by atoms with Gasteiger partial charge in [0.1, 0.15) is 12.4 Å². The molecule has 0 saturated carbocycles. The van der Waals surface area contributed by atoms with Crippen LogP contribution in [-0.4, -0.2) is 34.9 Å². The number of para-hydroxylation sites is 2. The second-order valence-corrected chi connectivity index (χ2v) is 5.39. The predicted octanol–water partition coefficient (Wildman–Crippen LogP) is 2.14. The number of aromatic amines is 2. The lowest BCUT2D eigenvalue weighted by atomic mass is 10.2. The Bertz CT molecular complexity index is 909. The van der Waals surface area contributed by atoms with E-state index in [2.05, 4.69) is 30.2 Å². The Hall–Kier alpha value is -2.58. The van der Waals surface area contributed by atoms with Crippen molar-refractivity contribution < 1.29 is 0 Å². The number of fused-ring (bicyclic) bond motifs is 1. The standard InChI is InChI=1S/C15H16N8.2ClH/c16-15-17-7-10(18-15)5-6-11-8-23(22-21-11)9-14-19-12-3-1-2-4-13(12)20-14;;/h1-4,7-8H,5-6,9H2,(H,19,20)(H3,16,17,18);2*1H. The lowest BCUT2D eigenvalue weighted by Crippen LogP contribution is -2.02. The van der Waals surface area contributed by atoms with Crippen LogP contribution in [0, 0.1) is 0 Å². The van der Waals surface area contributed by atoms with Crippen LogP contribution < -0.4 is 5.73 Å². The van der Waals surface area contributed by atoms with Gasteiger partial charge in [0, 0.05) is 12.4 Å². The van der Waals surface area contributed by atoms with Crippen LogP contribution in [0.5, 0.6) is 0 Å². The van der Waals surface area contributed by atoms with Crippen molar-refractivity contribution in [2.75, 3.05) is 5.73 Å². The Labute approximate surface area is 156 Å². The predicted molar refractivity (Wildman–Crippen MR) is 100 cm³/mol. The van der Waals surface area contributed by atoms with Crippen molar-refractivity contribution >= 4 is 41.8 Å². The molecular formula is C15H18Cl2N8. The molecule has 0 aliphatic heterocycles. The number of nitrogen functional groups attached to an aromatic ring is 1. The third-order valence-electron chi connectivity index (χ3n) is 3.62. The number of benzene rings is 1. The van der Waals surface area contributed by atoms with Gasteiger partial charge in [-0.2, -0.15) is 0 Å². The molecular weight excluding hydrogens is 363 g/mol. The normalized spacial score (nSPS) is 10.4. The molecule has 0 bridgehead atoms. The molecule has 0 atom stereocenters.